The zero-order chi connectivity index (χ0) is 16.0. The van der Waals surface area contributed by atoms with Crippen molar-refractivity contribution in [2.24, 2.45) is 0 Å². The van der Waals surface area contributed by atoms with Gasteiger partial charge in [0.25, 0.3) is 0 Å². The van der Waals surface area contributed by atoms with E-state index in [-0.39, 0.29) is 34.3 Å². The van der Waals surface area contributed by atoms with E-state index in [4.69, 9.17) is 16.3 Å². The number of fused-ring (bicyclic) bond motifs is 1. The van der Waals surface area contributed by atoms with Crippen molar-refractivity contribution < 1.29 is 18.3 Å². The lowest BCUT2D eigenvalue weighted by Crippen LogP contribution is -2.22. The molecule has 0 radical (unpaired) electrons. The molecule has 1 saturated carbocycles. The van der Waals surface area contributed by atoms with E-state index in [0.29, 0.717) is 0 Å². The summed E-state index contributed by atoms with van der Waals surface area (Å²) in [7, 11) is 0. The lowest BCUT2D eigenvalue weighted by Gasteiger charge is -2.15. The number of hydrogen-bond donors (Lipinski definition) is 0. The molecular formula is C15H12ClF2NO3. The minimum atomic E-state index is -1.15. The minimum Gasteiger partial charge on any atom is -0.462 e. The van der Waals surface area contributed by atoms with Crippen LogP contribution >= 0.6 is 11.6 Å². The molecule has 0 unspecified atom stereocenters. The summed E-state index contributed by atoms with van der Waals surface area (Å²) in [6.45, 7) is 1.68. The SMILES string of the molecule is CCOC(=O)c1c(Cl)n(C2CC2)c2cc(F)c(F)cc2c1=O. The fourth-order valence-electron chi connectivity index (χ4n) is 2.44. The average molecular weight is 328 g/mol. The summed E-state index contributed by atoms with van der Waals surface area (Å²) in [6, 6.07) is 1.70. The van der Waals surface area contributed by atoms with Gasteiger partial charge in [-0.25, -0.2) is 13.6 Å². The molecule has 116 valence electrons. The normalized spacial score (nSPS) is 14.4. The van der Waals surface area contributed by atoms with Gasteiger partial charge in [0, 0.05) is 17.5 Å². The van der Waals surface area contributed by atoms with Crippen molar-refractivity contribution in [1.29, 1.82) is 0 Å². The zero-order valence-electron chi connectivity index (χ0n) is 11.7. The summed E-state index contributed by atoms with van der Waals surface area (Å²) in [4.78, 5) is 24.4. The molecule has 3 rings (SSSR count). The molecular weight excluding hydrogens is 316 g/mol. The summed E-state index contributed by atoms with van der Waals surface area (Å²) in [5, 5.41) is -0.178. The van der Waals surface area contributed by atoms with E-state index in [1.165, 1.54) is 4.57 Å². The van der Waals surface area contributed by atoms with Crippen molar-refractivity contribution in [1.82, 2.24) is 4.57 Å². The Balaban J connectivity index is 2.40. The Bertz CT molecular complexity index is 843. The number of carbonyl (C=O) groups is 1. The van der Waals surface area contributed by atoms with Crippen LogP contribution in [0.1, 0.15) is 36.2 Å². The highest BCUT2D eigenvalue weighted by Crippen LogP contribution is 2.40. The Morgan fingerprint density at radius 1 is 1.36 bits per heavy atom. The van der Waals surface area contributed by atoms with E-state index in [1.54, 1.807) is 6.92 Å². The molecule has 4 nitrogen and oxygen atoms in total. The van der Waals surface area contributed by atoms with E-state index in [0.717, 1.165) is 25.0 Å². The van der Waals surface area contributed by atoms with Gasteiger partial charge < -0.3 is 9.30 Å². The molecule has 1 aromatic heterocycles. The van der Waals surface area contributed by atoms with Gasteiger partial charge in [0.15, 0.2) is 11.6 Å². The van der Waals surface area contributed by atoms with E-state index in [1.807, 2.05) is 0 Å². The number of benzene rings is 1. The Labute approximate surface area is 129 Å². The van der Waals surface area contributed by atoms with Crippen LogP contribution in [0.25, 0.3) is 10.9 Å². The number of rotatable bonds is 3. The van der Waals surface area contributed by atoms with Crippen LogP contribution in [0.4, 0.5) is 8.78 Å². The first-order valence-corrected chi connectivity index (χ1v) is 7.23. The Kier molecular flexibility index (Phi) is 3.64. The summed E-state index contributed by atoms with van der Waals surface area (Å²) in [6.07, 6.45) is 1.58. The molecule has 1 aliphatic rings. The fraction of sp³-hybridized carbons (Fsp3) is 0.333. The number of pyridine rings is 1. The lowest BCUT2D eigenvalue weighted by molar-refractivity contribution is 0.0524. The largest absolute Gasteiger partial charge is 0.462 e. The Morgan fingerprint density at radius 3 is 2.59 bits per heavy atom. The van der Waals surface area contributed by atoms with Crippen LogP contribution < -0.4 is 5.43 Å². The molecule has 1 fully saturated rings. The third-order valence-corrected chi connectivity index (χ3v) is 3.95. The maximum atomic E-state index is 13.5. The first-order chi connectivity index (χ1) is 10.5. The maximum absolute atomic E-state index is 13.5. The monoisotopic (exact) mass is 327 g/mol. The predicted octanol–water partition coefficient (Wildman–Crippen LogP) is 3.44. The number of halogens is 3. The molecule has 0 aliphatic heterocycles. The molecule has 0 amide bonds. The van der Waals surface area contributed by atoms with E-state index in [2.05, 4.69) is 0 Å². The Hall–Kier alpha value is -1.95. The molecule has 0 bridgehead atoms. The van der Waals surface area contributed by atoms with E-state index in [9.17, 15) is 18.4 Å². The summed E-state index contributed by atoms with van der Waals surface area (Å²) in [5.41, 5.74) is -0.910. The third kappa shape index (κ3) is 2.27. The third-order valence-electron chi connectivity index (χ3n) is 3.58. The summed E-state index contributed by atoms with van der Waals surface area (Å²) in [5.74, 6) is -3.08. The van der Waals surface area contributed by atoms with Crippen LogP contribution in [-0.4, -0.2) is 17.1 Å². The zero-order valence-corrected chi connectivity index (χ0v) is 12.4. The molecule has 0 atom stereocenters. The van der Waals surface area contributed by atoms with Crippen molar-refractivity contribution in [2.75, 3.05) is 6.61 Å². The second-order valence-electron chi connectivity index (χ2n) is 5.10. The van der Waals surface area contributed by atoms with E-state index < -0.39 is 23.0 Å². The van der Waals surface area contributed by atoms with Gasteiger partial charge in [0.05, 0.1) is 12.1 Å². The standard InChI is InChI=1S/C15H12ClF2NO3/c1-2-22-15(21)12-13(20)8-5-9(17)10(18)6-11(8)19(14(12)16)7-3-4-7/h5-7H,2-4H2,1H3. The number of ether oxygens (including phenoxy) is 1. The number of esters is 1. The van der Waals surface area contributed by atoms with Crippen molar-refractivity contribution in [3.63, 3.8) is 0 Å². The molecule has 7 heteroatoms. The van der Waals surface area contributed by atoms with Gasteiger partial charge in [-0.2, -0.15) is 0 Å². The Morgan fingerprint density at radius 2 is 2.00 bits per heavy atom. The maximum Gasteiger partial charge on any atom is 0.345 e. The lowest BCUT2D eigenvalue weighted by atomic mass is 10.1. The number of hydrogen-bond acceptors (Lipinski definition) is 3. The second-order valence-corrected chi connectivity index (χ2v) is 5.46. The number of aromatic nitrogens is 1. The van der Waals surface area contributed by atoms with Gasteiger partial charge in [-0.3, -0.25) is 4.79 Å². The highest BCUT2D eigenvalue weighted by molar-refractivity contribution is 6.33. The molecule has 0 saturated heterocycles. The van der Waals surface area contributed by atoms with Crippen LogP contribution in [0.2, 0.25) is 5.15 Å². The molecule has 22 heavy (non-hydrogen) atoms. The van der Waals surface area contributed by atoms with Gasteiger partial charge in [-0.15, -0.1) is 0 Å². The highest BCUT2D eigenvalue weighted by atomic mass is 35.5. The van der Waals surface area contributed by atoms with Gasteiger partial charge in [0.2, 0.25) is 5.43 Å². The van der Waals surface area contributed by atoms with Gasteiger partial charge in [-0.1, -0.05) is 11.6 Å². The van der Waals surface area contributed by atoms with Crippen molar-refractivity contribution in [3.05, 3.63) is 44.7 Å². The van der Waals surface area contributed by atoms with Gasteiger partial charge in [-0.05, 0) is 25.8 Å². The quantitative estimate of drug-likeness (QED) is 0.641. The molecule has 1 aliphatic carbocycles. The molecule has 0 spiro atoms. The molecule has 1 heterocycles. The average Bonchev–Trinajstić information content (AvgIpc) is 3.26. The van der Waals surface area contributed by atoms with Crippen LogP contribution in [-0.2, 0) is 4.74 Å². The second kappa shape index (κ2) is 5.35. The van der Waals surface area contributed by atoms with Crippen molar-refractivity contribution in [3.8, 4) is 0 Å². The van der Waals surface area contributed by atoms with Gasteiger partial charge in [0.1, 0.15) is 10.7 Å². The molecule has 0 N–H and O–H groups in total. The topological polar surface area (TPSA) is 48.3 Å². The molecule has 2 aromatic rings. The number of nitrogens with zero attached hydrogens (tertiary/aromatic N) is 1. The smallest absolute Gasteiger partial charge is 0.345 e. The molecule has 1 aromatic carbocycles. The van der Waals surface area contributed by atoms with Gasteiger partial charge >= 0.3 is 5.97 Å². The first kappa shape index (κ1) is 15.0. The van der Waals surface area contributed by atoms with Crippen LogP contribution in [0, 0.1) is 11.6 Å². The van der Waals surface area contributed by atoms with Crippen LogP contribution in [0.15, 0.2) is 16.9 Å². The van der Waals surface area contributed by atoms with E-state index >= 15 is 0 Å². The van der Waals surface area contributed by atoms with Crippen LogP contribution in [0.3, 0.4) is 0 Å². The van der Waals surface area contributed by atoms with Crippen molar-refractivity contribution >= 4 is 28.5 Å². The predicted molar refractivity (Wildman–Crippen MR) is 77.4 cm³/mol. The summed E-state index contributed by atoms with van der Waals surface area (Å²) >= 11 is 6.20. The fourth-order valence-corrected chi connectivity index (χ4v) is 2.83. The number of carbonyl (C=O) groups excluding carboxylic acids is 1. The summed E-state index contributed by atoms with van der Waals surface area (Å²) < 4.78 is 33.4. The van der Waals surface area contributed by atoms with Crippen LogP contribution in [0.5, 0.6) is 0 Å². The highest BCUT2D eigenvalue weighted by Gasteiger charge is 2.31. The minimum absolute atomic E-state index is 0.0337. The van der Waals surface area contributed by atoms with Crippen molar-refractivity contribution in [2.45, 2.75) is 25.8 Å². The first-order valence-electron chi connectivity index (χ1n) is 6.85.